The van der Waals surface area contributed by atoms with Gasteiger partial charge in [-0.2, -0.15) is 0 Å². The normalized spacial score (nSPS) is 19.0. The third-order valence-electron chi connectivity index (χ3n) is 5.44. The van der Waals surface area contributed by atoms with Gasteiger partial charge in [-0.05, 0) is 56.0 Å². The van der Waals surface area contributed by atoms with Gasteiger partial charge >= 0.3 is 0 Å². The number of hydrogen-bond acceptors (Lipinski definition) is 3. The van der Waals surface area contributed by atoms with E-state index in [2.05, 4.69) is 10.2 Å². The minimum Gasteiger partial charge on any atom is -0.354 e. The first-order valence-corrected chi connectivity index (χ1v) is 9.11. The molecular weight excluding hydrogens is 326 g/mol. The average Bonchev–Trinajstić information content (AvgIpc) is 2.67. The molecule has 134 valence electrons. The van der Waals surface area contributed by atoms with Gasteiger partial charge in [-0.3, -0.25) is 9.59 Å². The predicted octanol–water partition coefficient (Wildman–Crippen LogP) is 3.65. The maximum absolute atomic E-state index is 12.8. The van der Waals surface area contributed by atoms with E-state index in [1.54, 1.807) is 12.1 Å². The van der Waals surface area contributed by atoms with E-state index in [0.717, 1.165) is 42.7 Å². The molecule has 5 nitrogen and oxygen atoms in total. The maximum Gasteiger partial charge on any atom is 0.257 e. The first kappa shape index (κ1) is 16.6. The highest BCUT2D eigenvalue weighted by molar-refractivity contribution is 6.08. The number of benzene rings is 2. The molecule has 26 heavy (non-hydrogen) atoms. The highest BCUT2D eigenvalue weighted by atomic mass is 16.2. The third-order valence-corrected chi connectivity index (χ3v) is 5.44. The van der Waals surface area contributed by atoms with Crippen LogP contribution in [0.25, 0.3) is 0 Å². The molecule has 2 heterocycles. The molecule has 0 aliphatic carbocycles. The van der Waals surface area contributed by atoms with Crippen LogP contribution in [0.4, 0.5) is 11.4 Å². The van der Waals surface area contributed by atoms with Crippen LogP contribution in [0.2, 0.25) is 0 Å². The molecule has 0 bridgehead atoms. The van der Waals surface area contributed by atoms with Crippen LogP contribution in [0.5, 0.6) is 0 Å². The van der Waals surface area contributed by atoms with Gasteiger partial charge in [-0.1, -0.05) is 18.2 Å². The number of anilines is 2. The fourth-order valence-corrected chi connectivity index (χ4v) is 3.92. The van der Waals surface area contributed by atoms with Crippen molar-refractivity contribution in [3.8, 4) is 0 Å². The topological polar surface area (TPSA) is 52.7 Å². The molecule has 4 rings (SSSR count). The Morgan fingerprint density at radius 1 is 1.15 bits per heavy atom. The summed E-state index contributed by atoms with van der Waals surface area (Å²) in [5.74, 6) is -0.0808. The summed E-state index contributed by atoms with van der Waals surface area (Å²) in [5, 5.41) is 2.96. The zero-order valence-corrected chi connectivity index (χ0v) is 15.2. The quantitative estimate of drug-likeness (QED) is 0.900. The minimum atomic E-state index is -0.158. The van der Waals surface area contributed by atoms with Gasteiger partial charge in [-0.15, -0.1) is 0 Å². The van der Waals surface area contributed by atoms with E-state index in [9.17, 15) is 9.59 Å². The van der Waals surface area contributed by atoms with E-state index in [-0.39, 0.29) is 18.0 Å². The van der Waals surface area contributed by atoms with E-state index < -0.39 is 0 Å². The molecule has 2 amide bonds. The zero-order chi connectivity index (χ0) is 18.3. The summed E-state index contributed by atoms with van der Waals surface area (Å²) >= 11 is 0. The second kappa shape index (κ2) is 6.48. The number of rotatable bonds is 2. The summed E-state index contributed by atoms with van der Waals surface area (Å²) in [6.45, 7) is 2.77. The fraction of sp³-hybridized carbons (Fsp3) is 0.333. The summed E-state index contributed by atoms with van der Waals surface area (Å²) in [4.78, 5) is 29.6. The molecule has 1 unspecified atom stereocenters. The lowest BCUT2D eigenvalue weighted by Crippen LogP contribution is -2.55. The van der Waals surface area contributed by atoms with Crippen LogP contribution in [0.15, 0.2) is 42.5 Å². The van der Waals surface area contributed by atoms with Crippen molar-refractivity contribution < 1.29 is 9.59 Å². The SMILES string of the molecule is Cc1ccccc1NC(=O)c1ccc2c(c1)N(C)C1CCCCN1C2=O. The van der Waals surface area contributed by atoms with Crippen LogP contribution < -0.4 is 10.2 Å². The number of carbonyl (C=O) groups is 2. The second-order valence-corrected chi connectivity index (χ2v) is 7.09. The Kier molecular flexibility index (Phi) is 4.15. The van der Waals surface area contributed by atoms with Gasteiger partial charge in [0.05, 0.1) is 11.3 Å². The molecule has 0 aromatic heterocycles. The highest BCUT2D eigenvalue weighted by Crippen LogP contribution is 2.35. The molecule has 2 aliphatic heterocycles. The molecule has 2 aromatic rings. The number of aryl methyl sites for hydroxylation is 1. The van der Waals surface area contributed by atoms with Crippen molar-refractivity contribution in [3.05, 3.63) is 59.2 Å². The molecule has 1 atom stereocenters. The Balaban J connectivity index is 1.65. The Hall–Kier alpha value is -2.82. The van der Waals surface area contributed by atoms with Crippen LogP contribution in [0.1, 0.15) is 45.5 Å². The Morgan fingerprint density at radius 3 is 2.77 bits per heavy atom. The molecule has 5 heteroatoms. The van der Waals surface area contributed by atoms with E-state index in [0.29, 0.717) is 11.1 Å². The first-order valence-electron chi connectivity index (χ1n) is 9.11. The van der Waals surface area contributed by atoms with Gasteiger partial charge in [0, 0.05) is 24.8 Å². The minimum absolute atomic E-state index is 0.0775. The van der Waals surface area contributed by atoms with Crippen LogP contribution in [-0.2, 0) is 0 Å². The number of fused-ring (bicyclic) bond motifs is 2. The van der Waals surface area contributed by atoms with Crippen LogP contribution >= 0.6 is 0 Å². The summed E-state index contributed by atoms with van der Waals surface area (Å²) in [6.07, 6.45) is 3.25. The Morgan fingerprint density at radius 2 is 1.96 bits per heavy atom. The van der Waals surface area contributed by atoms with Crippen molar-refractivity contribution in [3.63, 3.8) is 0 Å². The van der Waals surface area contributed by atoms with Crippen LogP contribution in [0.3, 0.4) is 0 Å². The molecular formula is C21H23N3O2. The van der Waals surface area contributed by atoms with Gasteiger partial charge in [-0.25, -0.2) is 0 Å². The molecule has 0 radical (unpaired) electrons. The molecule has 1 saturated heterocycles. The van der Waals surface area contributed by atoms with E-state index in [1.807, 2.05) is 49.2 Å². The van der Waals surface area contributed by atoms with Crippen molar-refractivity contribution >= 4 is 23.2 Å². The predicted molar refractivity (Wildman–Crippen MR) is 103 cm³/mol. The molecule has 1 N–H and O–H groups in total. The van der Waals surface area contributed by atoms with E-state index in [4.69, 9.17) is 0 Å². The lowest BCUT2D eigenvalue weighted by atomic mass is 9.97. The van der Waals surface area contributed by atoms with E-state index >= 15 is 0 Å². The Bertz CT molecular complexity index is 877. The molecule has 2 aliphatic rings. The van der Waals surface area contributed by atoms with Crippen molar-refractivity contribution in [1.82, 2.24) is 4.90 Å². The van der Waals surface area contributed by atoms with Crippen molar-refractivity contribution in [1.29, 1.82) is 0 Å². The molecule has 1 fully saturated rings. The summed E-state index contributed by atoms with van der Waals surface area (Å²) in [6, 6.07) is 13.1. The average molecular weight is 349 g/mol. The summed E-state index contributed by atoms with van der Waals surface area (Å²) in [5.41, 5.74) is 3.91. The smallest absolute Gasteiger partial charge is 0.257 e. The lowest BCUT2D eigenvalue weighted by Gasteiger charge is -2.46. The largest absolute Gasteiger partial charge is 0.354 e. The molecule has 0 spiro atoms. The second-order valence-electron chi connectivity index (χ2n) is 7.09. The van der Waals surface area contributed by atoms with E-state index in [1.165, 1.54) is 0 Å². The van der Waals surface area contributed by atoms with Gasteiger partial charge < -0.3 is 15.1 Å². The maximum atomic E-state index is 12.8. The number of para-hydroxylation sites is 1. The zero-order valence-electron chi connectivity index (χ0n) is 15.2. The van der Waals surface area contributed by atoms with Crippen LogP contribution in [-0.4, -0.2) is 36.5 Å². The number of hydrogen-bond donors (Lipinski definition) is 1. The standard InChI is InChI=1S/C21H23N3O2/c1-14-7-3-4-8-17(14)22-20(25)15-10-11-16-18(13-15)23(2)19-9-5-6-12-24(19)21(16)26/h3-4,7-8,10-11,13,19H,5-6,9,12H2,1-2H3,(H,22,25). The van der Waals surface area contributed by atoms with Crippen molar-refractivity contribution in [2.45, 2.75) is 32.4 Å². The molecule has 2 aromatic carbocycles. The van der Waals surface area contributed by atoms with Crippen molar-refractivity contribution in [2.75, 3.05) is 23.8 Å². The first-order chi connectivity index (χ1) is 12.6. The number of amides is 2. The number of carbonyl (C=O) groups excluding carboxylic acids is 2. The third kappa shape index (κ3) is 2.73. The van der Waals surface area contributed by atoms with Crippen molar-refractivity contribution in [2.24, 2.45) is 0 Å². The van der Waals surface area contributed by atoms with Gasteiger partial charge in [0.25, 0.3) is 11.8 Å². The molecule has 0 saturated carbocycles. The van der Waals surface area contributed by atoms with Gasteiger partial charge in [0.1, 0.15) is 6.17 Å². The van der Waals surface area contributed by atoms with Crippen LogP contribution in [0, 0.1) is 6.92 Å². The van der Waals surface area contributed by atoms with Gasteiger partial charge in [0.15, 0.2) is 0 Å². The summed E-state index contributed by atoms with van der Waals surface area (Å²) < 4.78 is 0. The lowest BCUT2D eigenvalue weighted by molar-refractivity contribution is 0.0589. The fourth-order valence-electron chi connectivity index (χ4n) is 3.92. The van der Waals surface area contributed by atoms with Gasteiger partial charge in [0.2, 0.25) is 0 Å². The highest BCUT2D eigenvalue weighted by Gasteiger charge is 2.37. The number of nitrogens with one attached hydrogen (secondary N) is 1. The monoisotopic (exact) mass is 349 g/mol. The number of piperidine rings is 1. The Labute approximate surface area is 153 Å². The summed E-state index contributed by atoms with van der Waals surface area (Å²) in [7, 11) is 2.01. The number of nitrogens with zero attached hydrogens (tertiary/aromatic N) is 2.